The monoisotopic (exact) mass is 441 g/mol. The van der Waals surface area contributed by atoms with Crippen LogP contribution < -0.4 is 5.32 Å². The summed E-state index contributed by atoms with van der Waals surface area (Å²) in [7, 11) is 7.25. The molecule has 1 aromatic carbocycles. The summed E-state index contributed by atoms with van der Waals surface area (Å²) in [4.78, 5) is 32.5. The fraction of sp³-hybridized carbons (Fsp3) is 0.680. The first kappa shape index (κ1) is 22.9. The number of likely N-dealkylation sites (tertiary alicyclic amines) is 2. The first-order valence-corrected chi connectivity index (χ1v) is 12.1. The topological polar surface area (TPSA) is 59.1 Å². The number of piperidine rings is 2. The summed E-state index contributed by atoms with van der Waals surface area (Å²) in [5.74, 6) is 0. The molecule has 3 aliphatic rings. The molecule has 4 amide bonds. The van der Waals surface area contributed by atoms with Gasteiger partial charge in [-0.2, -0.15) is 0 Å². The van der Waals surface area contributed by atoms with Crippen LogP contribution in [0.3, 0.4) is 0 Å². The van der Waals surface area contributed by atoms with E-state index in [1.807, 2.05) is 19.0 Å². The van der Waals surface area contributed by atoms with Crippen molar-refractivity contribution in [2.24, 2.45) is 0 Å². The van der Waals surface area contributed by atoms with Gasteiger partial charge in [0, 0.05) is 47.3 Å². The molecule has 7 nitrogen and oxygen atoms in total. The number of benzene rings is 1. The van der Waals surface area contributed by atoms with Crippen LogP contribution in [0.2, 0.25) is 0 Å². The SMILES string of the molecule is CN(C)C(=O)N[C@@H]1CCC2(CCN(C3CCN(C(=O)N(C)C)CC3)CC2)c2ccccc21. The van der Waals surface area contributed by atoms with E-state index in [1.165, 1.54) is 24.0 Å². The molecule has 1 aliphatic carbocycles. The van der Waals surface area contributed by atoms with Crippen LogP contribution in [0.25, 0.3) is 0 Å². The van der Waals surface area contributed by atoms with Crippen LogP contribution in [-0.4, -0.2) is 92.1 Å². The van der Waals surface area contributed by atoms with Gasteiger partial charge >= 0.3 is 12.1 Å². The quantitative estimate of drug-likeness (QED) is 0.766. The first-order chi connectivity index (χ1) is 15.3. The second kappa shape index (κ2) is 9.30. The zero-order valence-electron chi connectivity index (χ0n) is 20.1. The third-order valence-electron chi connectivity index (χ3n) is 7.91. The zero-order valence-corrected chi connectivity index (χ0v) is 20.1. The number of nitrogens with one attached hydrogen (secondary N) is 1. The molecule has 1 N–H and O–H groups in total. The maximum atomic E-state index is 12.3. The van der Waals surface area contributed by atoms with Crippen LogP contribution >= 0.6 is 0 Å². The Morgan fingerprint density at radius 2 is 1.56 bits per heavy atom. The molecular weight excluding hydrogens is 402 g/mol. The summed E-state index contributed by atoms with van der Waals surface area (Å²) in [5.41, 5.74) is 2.98. The molecule has 32 heavy (non-hydrogen) atoms. The van der Waals surface area contributed by atoms with E-state index in [4.69, 9.17) is 0 Å². The Bertz CT molecular complexity index is 823. The van der Waals surface area contributed by atoms with E-state index in [9.17, 15) is 9.59 Å². The molecule has 0 bridgehead atoms. The number of rotatable bonds is 2. The number of hydrogen-bond donors (Lipinski definition) is 1. The number of nitrogens with zero attached hydrogens (tertiary/aromatic N) is 4. The standard InChI is InChI=1S/C25H39N5O2/c1-27(2)23(31)26-22-9-12-25(21-8-6-5-7-20(21)22)13-17-29(18-14-25)19-10-15-30(16-11-19)24(32)28(3)4/h5-8,19,22H,9-18H2,1-4H3,(H,26,31)/t22-/m1/s1. The highest BCUT2D eigenvalue weighted by molar-refractivity contribution is 5.74. The van der Waals surface area contributed by atoms with Crippen LogP contribution in [0.4, 0.5) is 9.59 Å². The number of amides is 4. The van der Waals surface area contributed by atoms with E-state index in [-0.39, 0.29) is 23.5 Å². The van der Waals surface area contributed by atoms with Crippen LogP contribution in [-0.2, 0) is 5.41 Å². The molecule has 2 fully saturated rings. The van der Waals surface area contributed by atoms with Crippen molar-refractivity contribution < 1.29 is 9.59 Å². The Labute approximate surface area is 192 Å². The Hall–Kier alpha value is -2.28. The van der Waals surface area contributed by atoms with Crippen LogP contribution in [0, 0.1) is 0 Å². The molecule has 0 radical (unpaired) electrons. The van der Waals surface area contributed by atoms with Crippen molar-refractivity contribution in [1.29, 1.82) is 0 Å². The highest BCUT2D eigenvalue weighted by atomic mass is 16.2. The molecule has 0 unspecified atom stereocenters. The van der Waals surface area contributed by atoms with E-state index in [0.717, 1.165) is 51.9 Å². The molecule has 2 aliphatic heterocycles. The van der Waals surface area contributed by atoms with Crippen LogP contribution in [0.15, 0.2) is 24.3 Å². The Kier molecular flexibility index (Phi) is 6.65. The van der Waals surface area contributed by atoms with Gasteiger partial charge in [0.15, 0.2) is 0 Å². The van der Waals surface area contributed by atoms with Gasteiger partial charge in [-0.1, -0.05) is 24.3 Å². The van der Waals surface area contributed by atoms with Crippen molar-refractivity contribution in [1.82, 2.24) is 24.9 Å². The lowest BCUT2D eigenvalue weighted by molar-refractivity contribution is 0.0653. The third-order valence-corrected chi connectivity index (χ3v) is 7.91. The van der Waals surface area contributed by atoms with Gasteiger partial charge in [0.2, 0.25) is 0 Å². The minimum absolute atomic E-state index is 0.0188. The zero-order chi connectivity index (χ0) is 22.9. The van der Waals surface area contributed by atoms with Crippen LogP contribution in [0.5, 0.6) is 0 Å². The number of hydrogen-bond acceptors (Lipinski definition) is 3. The molecule has 2 saturated heterocycles. The van der Waals surface area contributed by atoms with Gasteiger partial charge in [-0.05, 0) is 68.2 Å². The molecule has 1 aromatic rings. The highest BCUT2D eigenvalue weighted by Crippen LogP contribution is 2.48. The molecule has 0 saturated carbocycles. The van der Waals surface area contributed by atoms with Crippen molar-refractivity contribution in [3.63, 3.8) is 0 Å². The third kappa shape index (κ3) is 4.45. The first-order valence-electron chi connectivity index (χ1n) is 12.1. The molecule has 4 rings (SSSR count). The van der Waals surface area contributed by atoms with E-state index in [1.54, 1.807) is 23.9 Å². The Morgan fingerprint density at radius 3 is 2.19 bits per heavy atom. The second-order valence-corrected chi connectivity index (χ2v) is 10.2. The molecular formula is C25H39N5O2. The van der Waals surface area contributed by atoms with E-state index in [0.29, 0.717) is 6.04 Å². The van der Waals surface area contributed by atoms with Gasteiger partial charge in [-0.3, -0.25) is 0 Å². The summed E-state index contributed by atoms with van der Waals surface area (Å²) in [6.07, 6.45) is 6.63. The summed E-state index contributed by atoms with van der Waals surface area (Å²) >= 11 is 0. The molecule has 7 heteroatoms. The predicted octanol–water partition coefficient (Wildman–Crippen LogP) is 3.27. The average molecular weight is 442 g/mol. The van der Waals surface area contributed by atoms with Crippen molar-refractivity contribution >= 4 is 12.1 Å². The Morgan fingerprint density at radius 1 is 0.906 bits per heavy atom. The van der Waals surface area contributed by atoms with Crippen molar-refractivity contribution in [3.05, 3.63) is 35.4 Å². The molecule has 176 valence electrons. The Balaban J connectivity index is 1.39. The van der Waals surface area contributed by atoms with Crippen molar-refractivity contribution in [2.75, 3.05) is 54.4 Å². The maximum Gasteiger partial charge on any atom is 0.319 e. The van der Waals surface area contributed by atoms with Gasteiger partial charge in [0.05, 0.1) is 6.04 Å². The fourth-order valence-electron chi connectivity index (χ4n) is 5.96. The predicted molar refractivity (Wildman–Crippen MR) is 127 cm³/mol. The number of carbonyl (C=O) groups is 2. The largest absolute Gasteiger partial charge is 0.331 e. The van der Waals surface area contributed by atoms with Crippen molar-refractivity contribution in [3.8, 4) is 0 Å². The minimum atomic E-state index is -0.0188. The average Bonchev–Trinajstić information content (AvgIpc) is 2.81. The lowest BCUT2D eigenvalue weighted by Crippen LogP contribution is -2.53. The van der Waals surface area contributed by atoms with Crippen LogP contribution in [0.1, 0.15) is 55.7 Å². The van der Waals surface area contributed by atoms with Crippen molar-refractivity contribution in [2.45, 2.75) is 56.0 Å². The number of urea groups is 2. The molecule has 1 spiro atoms. The summed E-state index contributed by atoms with van der Waals surface area (Å²) in [6.45, 7) is 3.96. The smallest absolute Gasteiger partial charge is 0.319 e. The second-order valence-electron chi connectivity index (χ2n) is 10.2. The normalized spacial score (nSPS) is 23.5. The summed E-state index contributed by atoms with van der Waals surface area (Å²) < 4.78 is 0. The molecule has 0 aromatic heterocycles. The summed E-state index contributed by atoms with van der Waals surface area (Å²) in [5, 5.41) is 3.22. The van der Waals surface area contributed by atoms with Gasteiger partial charge in [-0.25, -0.2) is 9.59 Å². The maximum absolute atomic E-state index is 12.3. The lowest BCUT2D eigenvalue weighted by Gasteiger charge is -2.49. The molecule has 1 atom stereocenters. The van der Waals surface area contributed by atoms with Gasteiger partial charge in [0.25, 0.3) is 0 Å². The number of fused-ring (bicyclic) bond motifs is 2. The highest BCUT2D eigenvalue weighted by Gasteiger charge is 2.43. The van der Waals surface area contributed by atoms with Gasteiger partial charge in [-0.15, -0.1) is 0 Å². The molecule has 2 heterocycles. The van der Waals surface area contributed by atoms with E-state index < -0.39 is 0 Å². The fourth-order valence-corrected chi connectivity index (χ4v) is 5.96. The number of carbonyl (C=O) groups excluding carboxylic acids is 2. The summed E-state index contributed by atoms with van der Waals surface area (Å²) in [6, 6.07) is 9.56. The van der Waals surface area contributed by atoms with E-state index >= 15 is 0 Å². The lowest BCUT2D eigenvalue weighted by atomic mass is 9.63. The van der Waals surface area contributed by atoms with Gasteiger partial charge in [0.1, 0.15) is 0 Å². The minimum Gasteiger partial charge on any atom is -0.331 e. The van der Waals surface area contributed by atoms with E-state index in [2.05, 4.69) is 34.5 Å². The van der Waals surface area contributed by atoms with Gasteiger partial charge < -0.3 is 24.9 Å².